The molecule has 0 radical (unpaired) electrons. The van der Waals surface area contributed by atoms with Crippen LogP contribution in [0, 0.1) is 0 Å². The molecule has 0 bridgehead atoms. The molecule has 0 aliphatic rings. The summed E-state index contributed by atoms with van der Waals surface area (Å²) in [5, 5.41) is -0.659. The Balaban J connectivity index is 3.10. The zero-order valence-corrected chi connectivity index (χ0v) is 9.13. The van der Waals surface area contributed by atoms with Gasteiger partial charge in [0, 0.05) is 0 Å². The summed E-state index contributed by atoms with van der Waals surface area (Å²) in [4.78, 5) is 0. The van der Waals surface area contributed by atoms with Gasteiger partial charge in [0.1, 0.15) is 5.75 Å². The molecule has 0 amide bonds. The van der Waals surface area contributed by atoms with Crippen LogP contribution >= 0.6 is 11.6 Å². The highest BCUT2D eigenvalue weighted by Crippen LogP contribution is 2.35. The van der Waals surface area contributed by atoms with Crippen molar-refractivity contribution in [3.8, 4) is 0 Å². The van der Waals surface area contributed by atoms with Gasteiger partial charge in [0.15, 0.2) is 0 Å². The standard InChI is InChI=1S/C8H5ClF4O2S/c9-7-3-5(4-16(13,14)15)1-2-6(7)8(10,11)12/h1-3H,4H2. The van der Waals surface area contributed by atoms with E-state index in [1.165, 1.54) is 0 Å². The van der Waals surface area contributed by atoms with Gasteiger partial charge in [0.2, 0.25) is 0 Å². The minimum Gasteiger partial charge on any atom is -0.194 e. The Labute approximate surface area is 94.0 Å². The highest BCUT2D eigenvalue weighted by molar-refractivity contribution is 7.85. The molecular formula is C8H5ClF4O2S. The Bertz CT molecular complexity index is 495. The van der Waals surface area contributed by atoms with Gasteiger partial charge in [0.25, 0.3) is 0 Å². The summed E-state index contributed by atoms with van der Waals surface area (Å²) in [6.45, 7) is 0. The quantitative estimate of drug-likeness (QED) is 0.614. The van der Waals surface area contributed by atoms with Crippen molar-refractivity contribution in [1.82, 2.24) is 0 Å². The molecule has 0 heterocycles. The lowest BCUT2D eigenvalue weighted by Crippen LogP contribution is -2.06. The van der Waals surface area contributed by atoms with Crippen molar-refractivity contribution >= 4 is 21.8 Å². The molecule has 0 spiro atoms. The van der Waals surface area contributed by atoms with Gasteiger partial charge in [-0.1, -0.05) is 17.7 Å². The highest BCUT2D eigenvalue weighted by Gasteiger charge is 2.33. The van der Waals surface area contributed by atoms with Crippen molar-refractivity contribution in [3.05, 3.63) is 34.3 Å². The first-order chi connectivity index (χ1) is 7.09. The van der Waals surface area contributed by atoms with Crippen LogP contribution in [-0.4, -0.2) is 8.42 Å². The average Bonchev–Trinajstić information content (AvgIpc) is 1.97. The fourth-order valence-electron chi connectivity index (χ4n) is 1.08. The number of alkyl halides is 3. The van der Waals surface area contributed by atoms with E-state index in [0.717, 1.165) is 12.1 Å². The zero-order valence-electron chi connectivity index (χ0n) is 7.55. The van der Waals surface area contributed by atoms with E-state index in [0.29, 0.717) is 6.07 Å². The second-order valence-electron chi connectivity index (χ2n) is 3.00. The van der Waals surface area contributed by atoms with Crippen molar-refractivity contribution in [2.75, 3.05) is 0 Å². The predicted octanol–water partition coefficient (Wildman–Crippen LogP) is 3.16. The predicted molar refractivity (Wildman–Crippen MR) is 50.2 cm³/mol. The fraction of sp³-hybridized carbons (Fsp3) is 0.250. The molecule has 8 heteroatoms. The van der Waals surface area contributed by atoms with Crippen molar-refractivity contribution in [2.24, 2.45) is 0 Å². The zero-order chi connectivity index (χ0) is 12.6. The van der Waals surface area contributed by atoms with Gasteiger partial charge in [-0.05, 0) is 17.7 Å². The molecule has 0 N–H and O–H groups in total. The molecule has 1 rings (SSSR count). The maximum absolute atomic E-state index is 12.2. The van der Waals surface area contributed by atoms with Crippen LogP contribution in [0.1, 0.15) is 11.1 Å². The van der Waals surface area contributed by atoms with E-state index in [1.807, 2.05) is 0 Å². The topological polar surface area (TPSA) is 34.1 Å². The van der Waals surface area contributed by atoms with E-state index in [9.17, 15) is 25.5 Å². The van der Waals surface area contributed by atoms with E-state index in [1.54, 1.807) is 0 Å². The molecule has 90 valence electrons. The first-order valence-electron chi connectivity index (χ1n) is 3.87. The maximum atomic E-state index is 12.2. The maximum Gasteiger partial charge on any atom is 0.417 e. The van der Waals surface area contributed by atoms with E-state index in [4.69, 9.17) is 11.6 Å². The van der Waals surface area contributed by atoms with E-state index in [-0.39, 0.29) is 5.56 Å². The van der Waals surface area contributed by atoms with Crippen LogP contribution < -0.4 is 0 Å². The normalized spacial score (nSPS) is 12.8. The fourth-order valence-corrected chi connectivity index (χ4v) is 1.97. The van der Waals surface area contributed by atoms with Gasteiger partial charge in [-0.2, -0.15) is 21.6 Å². The number of hydrogen-bond acceptors (Lipinski definition) is 2. The summed E-state index contributed by atoms with van der Waals surface area (Å²) in [5.41, 5.74) is -1.23. The summed E-state index contributed by atoms with van der Waals surface area (Å²) in [6, 6.07) is 2.26. The minimum absolute atomic E-state index is 0.138. The summed E-state index contributed by atoms with van der Waals surface area (Å²) in [6.07, 6.45) is -4.62. The molecule has 2 nitrogen and oxygen atoms in total. The third kappa shape index (κ3) is 3.64. The van der Waals surface area contributed by atoms with E-state index < -0.39 is 32.7 Å². The van der Waals surface area contributed by atoms with Gasteiger partial charge in [0.05, 0.1) is 10.6 Å². The summed E-state index contributed by atoms with van der Waals surface area (Å²) >= 11 is 5.31. The second-order valence-corrected chi connectivity index (χ2v) is 4.77. The average molecular weight is 277 g/mol. The van der Waals surface area contributed by atoms with Crippen molar-refractivity contribution in [1.29, 1.82) is 0 Å². The molecule has 1 aromatic carbocycles. The Kier molecular flexibility index (Phi) is 3.49. The van der Waals surface area contributed by atoms with Crippen LogP contribution in [0.4, 0.5) is 17.1 Å². The van der Waals surface area contributed by atoms with Gasteiger partial charge in [-0.25, -0.2) is 0 Å². The number of halogens is 5. The number of benzene rings is 1. The van der Waals surface area contributed by atoms with Crippen molar-refractivity contribution in [2.45, 2.75) is 11.9 Å². The molecule has 0 atom stereocenters. The Morgan fingerprint density at radius 1 is 1.25 bits per heavy atom. The van der Waals surface area contributed by atoms with Gasteiger partial charge in [-0.3, -0.25) is 0 Å². The van der Waals surface area contributed by atoms with Crippen molar-refractivity contribution in [3.63, 3.8) is 0 Å². The molecule has 0 saturated carbocycles. The van der Waals surface area contributed by atoms with Crippen LogP contribution in [0.5, 0.6) is 0 Å². The Morgan fingerprint density at radius 2 is 1.81 bits per heavy atom. The largest absolute Gasteiger partial charge is 0.417 e. The third-order valence-electron chi connectivity index (χ3n) is 1.68. The van der Waals surface area contributed by atoms with Gasteiger partial charge in [-0.15, -0.1) is 3.89 Å². The first kappa shape index (κ1) is 13.2. The number of rotatable bonds is 2. The van der Waals surface area contributed by atoms with Crippen LogP contribution in [0.2, 0.25) is 5.02 Å². The lowest BCUT2D eigenvalue weighted by Gasteiger charge is -2.09. The highest BCUT2D eigenvalue weighted by atomic mass is 35.5. The van der Waals surface area contributed by atoms with Crippen LogP contribution in [-0.2, 0) is 22.2 Å². The molecule has 0 fully saturated rings. The summed E-state index contributed by atoms with van der Waals surface area (Å²) < 4.78 is 69.5. The smallest absolute Gasteiger partial charge is 0.194 e. The Hall–Kier alpha value is -0.820. The Morgan fingerprint density at radius 3 is 2.19 bits per heavy atom. The van der Waals surface area contributed by atoms with Crippen LogP contribution in [0.15, 0.2) is 18.2 Å². The van der Waals surface area contributed by atoms with Gasteiger partial charge >= 0.3 is 16.4 Å². The van der Waals surface area contributed by atoms with Crippen LogP contribution in [0.25, 0.3) is 0 Å². The van der Waals surface area contributed by atoms with Gasteiger partial charge < -0.3 is 0 Å². The summed E-state index contributed by atoms with van der Waals surface area (Å²) in [5.74, 6) is -0.995. The number of hydrogen-bond donors (Lipinski definition) is 0. The molecular weight excluding hydrogens is 272 g/mol. The molecule has 0 aliphatic carbocycles. The molecule has 0 aliphatic heterocycles. The van der Waals surface area contributed by atoms with Crippen molar-refractivity contribution < 1.29 is 25.5 Å². The first-order valence-corrected chi connectivity index (χ1v) is 5.80. The molecule has 1 aromatic rings. The lowest BCUT2D eigenvalue weighted by molar-refractivity contribution is -0.137. The second kappa shape index (κ2) is 4.21. The van der Waals surface area contributed by atoms with E-state index in [2.05, 4.69) is 0 Å². The SMILES string of the molecule is O=S(=O)(F)Cc1ccc(C(F)(F)F)c(Cl)c1. The molecule has 0 saturated heterocycles. The monoisotopic (exact) mass is 276 g/mol. The molecule has 0 aromatic heterocycles. The molecule has 16 heavy (non-hydrogen) atoms. The van der Waals surface area contributed by atoms with Crippen LogP contribution in [0.3, 0.4) is 0 Å². The minimum atomic E-state index is -4.78. The third-order valence-corrected chi connectivity index (χ3v) is 2.67. The van der Waals surface area contributed by atoms with E-state index >= 15 is 0 Å². The summed E-state index contributed by atoms with van der Waals surface area (Å²) in [7, 11) is -4.78. The lowest BCUT2D eigenvalue weighted by atomic mass is 10.1. The molecule has 0 unspecified atom stereocenters.